The van der Waals surface area contributed by atoms with Crippen LogP contribution in [0.1, 0.15) is 0 Å². The summed E-state index contributed by atoms with van der Waals surface area (Å²) in [5, 5.41) is 3.86. The van der Waals surface area contributed by atoms with Crippen molar-refractivity contribution in [3.63, 3.8) is 0 Å². The lowest BCUT2D eigenvalue weighted by Gasteiger charge is -2.05. The number of hydrogen-bond donors (Lipinski definition) is 0. The van der Waals surface area contributed by atoms with Gasteiger partial charge < -0.3 is 0 Å². The summed E-state index contributed by atoms with van der Waals surface area (Å²) in [7, 11) is 0. The summed E-state index contributed by atoms with van der Waals surface area (Å²) < 4.78 is 27.8. The van der Waals surface area contributed by atoms with E-state index in [1.807, 2.05) is 0 Å². The zero-order valence-corrected chi connectivity index (χ0v) is 8.50. The first-order valence-electron chi connectivity index (χ1n) is 3.83. The normalized spacial score (nSPS) is 10.5. The third-order valence-electron chi connectivity index (χ3n) is 1.72. The molecule has 0 spiro atoms. The van der Waals surface area contributed by atoms with Crippen LogP contribution in [0.2, 0.25) is 0 Å². The number of rotatable bonds is 1. The Balaban J connectivity index is 2.64. The zero-order chi connectivity index (χ0) is 10.1. The minimum atomic E-state index is -0.652. The molecule has 2 nitrogen and oxygen atoms in total. The Morgan fingerprint density at radius 1 is 1.29 bits per heavy atom. The van der Waals surface area contributed by atoms with Gasteiger partial charge in [-0.15, -0.1) is 0 Å². The van der Waals surface area contributed by atoms with Crippen molar-refractivity contribution in [2.75, 3.05) is 0 Å². The highest BCUT2D eigenvalue weighted by atomic mass is 79.9. The quantitative estimate of drug-likeness (QED) is 0.769. The third kappa shape index (κ3) is 1.55. The molecule has 1 aromatic carbocycles. The van der Waals surface area contributed by atoms with E-state index in [0.29, 0.717) is 4.47 Å². The fourth-order valence-electron chi connectivity index (χ4n) is 1.15. The fourth-order valence-corrected chi connectivity index (χ4v) is 1.74. The SMILES string of the molecule is Fc1cc(F)c(-n2cccn2)c(Br)c1. The van der Waals surface area contributed by atoms with Crippen LogP contribution in [0.4, 0.5) is 8.78 Å². The van der Waals surface area contributed by atoms with Gasteiger partial charge in [0.25, 0.3) is 0 Å². The lowest BCUT2D eigenvalue weighted by molar-refractivity contribution is 0.572. The van der Waals surface area contributed by atoms with Crippen LogP contribution in [0.25, 0.3) is 5.69 Å². The predicted octanol–water partition coefficient (Wildman–Crippen LogP) is 2.91. The molecule has 0 unspecified atom stereocenters. The third-order valence-corrected chi connectivity index (χ3v) is 2.32. The first-order chi connectivity index (χ1) is 6.68. The summed E-state index contributed by atoms with van der Waals surface area (Å²) in [6, 6.07) is 3.68. The molecule has 0 aliphatic heterocycles. The Bertz CT molecular complexity index is 431. The Hall–Kier alpha value is -1.23. The standard InChI is InChI=1S/C9H5BrF2N2/c10-7-4-6(11)5-8(12)9(7)14-3-1-2-13-14/h1-5H. The van der Waals surface area contributed by atoms with Crippen LogP contribution in [0.3, 0.4) is 0 Å². The van der Waals surface area contributed by atoms with E-state index in [9.17, 15) is 8.78 Å². The van der Waals surface area contributed by atoms with E-state index in [1.54, 1.807) is 12.3 Å². The maximum absolute atomic E-state index is 13.3. The predicted molar refractivity (Wildman–Crippen MR) is 51.2 cm³/mol. The molecule has 0 aliphatic rings. The van der Waals surface area contributed by atoms with Crippen molar-refractivity contribution < 1.29 is 8.78 Å². The minimum Gasteiger partial charge on any atom is -0.237 e. The lowest BCUT2D eigenvalue weighted by Crippen LogP contribution is -2.00. The highest BCUT2D eigenvalue weighted by Crippen LogP contribution is 2.24. The number of halogens is 3. The first kappa shape index (κ1) is 9.33. The van der Waals surface area contributed by atoms with Crippen LogP contribution in [0.5, 0.6) is 0 Å². The molecule has 0 bridgehead atoms. The van der Waals surface area contributed by atoms with Crippen LogP contribution in [0, 0.1) is 11.6 Å². The maximum atomic E-state index is 13.3. The van der Waals surface area contributed by atoms with Gasteiger partial charge in [0.15, 0.2) is 5.82 Å². The van der Waals surface area contributed by atoms with Crippen LogP contribution < -0.4 is 0 Å². The molecule has 72 valence electrons. The molecule has 2 rings (SSSR count). The second-order valence-electron chi connectivity index (χ2n) is 2.67. The number of hydrogen-bond acceptors (Lipinski definition) is 1. The van der Waals surface area contributed by atoms with Gasteiger partial charge in [-0.1, -0.05) is 0 Å². The molecular formula is C9H5BrF2N2. The zero-order valence-electron chi connectivity index (χ0n) is 6.92. The number of benzene rings is 1. The summed E-state index contributed by atoms with van der Waals surface area (Å²) in [5.41, 5.74) is 0.205. The molecule has 14 heavy (non-hydrogen) atoms. The van der Waals surface area contributed by atoms with Gasteiger partial charge in [0.1, 0.15) is 11.5 Å². The molecule has 0 radical (unpaired) electrons. The van der Waals surface area contributed by atoms with E-state index < -0.39 is 11.6 Å². The molecule has 0 amide bonds. The largest absolute Gasteiger partial charge is 0.237 e. The second-order valence-corrected chi connectivity index (χ2v) is 3.52. The van der Waals surface area contributed by atoms with Gasteiger partial charge in [0, 0.05) is 22.9 Å². The summed E-state index contributed by atoms with van der Waals surface area (Å²) in [5.74, 6) is -1.27. The molecule has 0 saturated heterocycles. The van der Waals surface area contributed by atoms with Crippen LogP contribution in [-0.4, -0.2) is 9.78 Å². The van der Waals surface area contributed by atoms with Crippen molar-refractivity contribution in [1.82, 2.24) is 9.78 Å². The summed E-state index contributed by atoms with van der Waals surface area (Å²) in [4.78, 5) is 0. The average Bonchev–Trinajstić information content (AvgIpc) is 2.54. The molecule has 0 fully saturated rings. The van der Waals surface area contributed by atoms with Crippen LogP contribution in [-0.2, 0) is 0 Å². The van der Waals surface area contributed by atoms with E-state index in [2.05, 4.69) is 21.0 Å². The maximum Gasteiger partial charge on any atom is 0.152 e. The first-order valence-corrected chi connectivity index (χ1v) is 4.62. The molecule has 0 atom stereocenters. The van der Waals surface area contributed by atoms with E-state index in [1.165, 1.54) is 16.9 Å². The molecule has 0 saturated carbocycles. The molecular weight excluding hydrogens is 254 g/mol. The molecule has 5 heteroatoms. The van der Waals surface area contributed by atoms with E-state index >= 15 is 0 Å². The van der Waals surface area contributed by atoms with Gasteiger partial charge >= 0.3 is 0 Å². The van der Waals surface area contributed by atoms with Crippen molar-refractivity contribution in [2.45, 2.75) is 0 Å². The molecule has 2 aromatic rings. The summed E-state index contributed by atoms with van der Waals surface area (Å²) >= 11 is 3.08. The molecule has 0 aliphatic carbocycles. The fraction of sp³-hybridized carbons (Fsp3) is 0. The number of nitrogens with zero attached hydrogens (tertiary/aromatic N) is 2. The Morgan fingerprint density at radius 3 is 2.64 bits per heavy atom. The lowest BCUT2D eigenvalue weighted by atomic mass is 10.3. The monoisotopic (exact) mass is 258 g/mol. The van der Waals surface area contributed by atoms with Gasteiger partial charge in [0.2, 0.25) is 0 Å². The topological polar surface area (TPSA) is 17.8 Å². The van der Waals surface area contributed by atoms with Crippen LogP contribution >= 0.6 is 15.9 Å². The molecule has 0 N–H and O–H groups in total. The highest BCUT2D eigenvalue weighted by molar-refractivity contribution is 9.10. The molecule has 1 aromatic heterocycles. The Labute approximate surface area is 87.3 Å². The van der Waals surface area contributed by atoms with Crippen LogP contribution in [0.15, 0.2) is 35.1 Å². The minimum absolute atomic E-state index is 0.205. The van der Waals surface area contributed by atoms with Crippen molar-refractivity contribution in [1.29, 1.82) is 0 Å². The van der Waals surface area contributed by atoms with Crippen molar-refractivity contribution in [3.05, 3.63) is 46.7 Å². The van der Waals surface area contributed by atoms with Gasteiger partial charge in [-0.25, -0.2) is 13.5 Å². The van der Waals surface area contributed by atoms with E-state index in [-0.39, 0.29) is 5.69 Å². The Morgan fingerprint density at radius 2 is 2.07 bits per heavy atom. The van der Waals surface area contributed by atoms with Crippen molar-refractivity contribution in [2.24, 2.45) is 0 Å². The Kier molecular flexibility index (Phi) is 2.33. The van der Waals surface area contributed by atoms with Gasteiger partial charge in [-0.05, 0) is 28.1 Å². The number of aromatic nitrogens is 2. The smallest absolute Gasteiger partial charge is 0.152 e. The van der Waals surface area contributed by atoms with Crippen molar-refractivity contribution >= 4 is 15.9 Å². The highest BCUT2D eigenvalue weighted by Gasteiger charge is 2.11. The summed E-state index contributed by atoms with van der Waals surface area (Å²) in [6.07, 6.45) is 3.11. The van der Waals surface area contributed by atoms with Gasteiger partial charge in [-0.2, -0.15) is 5.10 Å². The summed E-state index contributed by atoms with van der Waals surface area (Å²) in [6.45, 7) is 0. The van der Waals surface area contributed by atoms with Crippen molar-refractivity contribution in [3.8, 4) is 5.69 Å². The van der Waals surface area contributed by atoms with E-state index in [0.717, 1.165) is 6.07 Å². The van der Waals surface area contributed by atoms with E-state index in [4.69, 9.17) is 0 Å². The van der Waals surface area contributed by atoms with Gasteiger partial charge in [0.05, 0.1) is 0 Å². The van der Waals surface area contributed by atoms with Gasteiger partial charge in [-0.3, -0.25) is 0 Å². The average molecular weight is 259 g/mol. The molecule has 1 heterocycles. The second kappa shape index (κ2) is 3.49.